The Morgan fingerprint density at radius 1 is 1.05 bits per heavy atom. The molecule has 0 aromatic heterocycles. The summed E-state index contributed by atoms with van der Waals surface area (Å²) in [5.41, 5.74) is 1.66. The standard InChI is InChI=1S/C19H19FO/c1-14-9-10-15(13-17(14)20)18(21)19(11-5-6-12-19)16-7-3-2-4-8-16/h2-4,7-10,13H,5-6,11-12H2,1H3. The summed E-state index contributed by atoms with van der Waals surface area (Å²) in [5, 5.41) is 0. The molecule has 0 atom stereocenters. The highest BCUT2D eigenvalue weighted by Crippen LogP contribution is 2.43. The van der Waals surface area contributed by atoms with Crippen LogP contribution in [0.1, 0.15) is 47.2 Å². The predicted molar refractivity (Wildman–Crippen MR) is 82.1 cm³/mol. The molecule has 0 saturated heterocycles. The van der Waals surface area contributed by atoms with Crippen LogP contribution in [0.3, 0.4) is 0 Å². The number of hydrogen-bond donors (Lipinski definition) is 0. The van der Waals surface area contributed by atoms with E-state index in [2.05, 4.69) is 0 Å². The second-order valence-corrected chi connectivity index (χ2v) is 5.95. The zero-order valence-electron chi connectivity index (χ0n) is 12.2. The third kappa shape index (κ3) is 2.39. The van der Waals surface area contributed by atoms with Crippen LogP contribution in [-0.2, 0) is 5.41 Å². The number of ketones is 1. The van der Waals surface area contributed by atoms with Gasteiger partial charge in [-0.2, -0.15) is 0 Å². The summed E-state index contributed by atoms with van der Waals surface area (Å²) in [5.74, 6) is -0.243. The van der Waals surface area contributed by atoms with Gasteiger partial charge in [-0.05, 0) is 37.0 Å². The SMILES string of the molecule is Cc1ccc(C(=O)C2(c3ccccc3)CCCC2)cc1F. The summed E-state index contributed by atoms with van der Waals surface area (Å²) in [4.78, 5) is 13.1. The highest BCUT2D eigenvalue weighted by atomic mass is 19.1. The number of benzene rings is 2. The number of aryl methyl sites for hydroxylation is 1. The number of carbonyl (C=O) groups excluding carboxylic acids is 1. The number of rotatable bonds is 3. The predicted octanol–water partition coefficient (Wildman–Crippen LogP) is 4.83. The van der Waals surface area contributed by atoms with Crippen molar-refractivity contribution in [3.05, 3.63) is 71.0 Å². The van der Waals surface area contributed by atoms with E-state index in [1.54, 1.807) is 19.1 Å². The molecule has 2 aromatic rings. The first-order valence-electron chi connectivity index (χ1n) is 7.50. The minimum atomic E-state index is -0.469. The van der Waals surface area contributed by atoms with Gasteiger partial charge in [0.1, 0.15) is 5.82 Å². The fourth-order valence-corrected chi connectivity index (χ4v) is 3.39. The molecule has 2 heteroatoms. The molecule has 1 aliphatic rings. The van der Waals surface area contributed by atoms with Crippen molar-refractivity contribution in [2.24, 2.45) is 0 Å². The first-order valence-corrected chi connectivity index (χ1v) is 7.50. The van der Waals surface area contributed by atoms with E-state index in [4.69, 9.17) is 0 Å². The van der Waals surface area contributed by atoms with E-state index in [1.807, 2.05) is 30.3 Å². The summed E-state index contributed by atoms with van der Waals surface area (Å²) < 4.78 is 13.8. The van der Waals surface area contributed by atoms with Crippen LogP contribution in [0.2, 0.25) is 0 Å². The Balaban J connectivity index is 2.05. The van der Waals surface area contributed by atoms with Gasteiger partial charge in [-0.1, -0.05) is 55.3 Å². The van der Waals surface area contributed by atoms with Crippen LogP contribution in [0.4, 0.5) is 4.39 Å². The summed E-state index contributed by atoms with van der Waals surface area (Å²) >= 11 is 0. The Morgan fingerprint density at radius 3 is 2.33 bits per heavy atom. The maximum absolute atomic E-state index is 13.8. The molecule has 1 nitrogen and oxygen atoms in total. The molecule has 21 heavy (non-hydrogen) atoms. The number of halogens is 1. The van der Waals surface area contributed by atoms with Crippen LogP contribution in [0.15, 0.2) is 48.5 Å². The summed E-state index contributed by atoms with van der Waals surface area (Å²) in [7, 11) is 0. The molecule has 0 N–H and O–H groups in total. The van der Waals surface area contributed by atoms with Crippen LogP contribution in [0, 0.1) is 12.7 Å². The Labute approximate surface area is 124 Å². The van der Waals surface area contributed by atoms with Gasteiger partial charge in [0.25, 0.3) is 0 Å². The van der Waals surface area contributed by atoms with Gasteiger partial charge in [-0.3, -0.25) is 4.79 Å². The van der Waals surface area contributed by atoms with Crippen LogP contribution >= 0.6 is 0 Å². The van der Waals surface area contributed by atoms with Crippen molar-refractivity contribution in [3.8, 4) is 0 Å². The van der Waals surface area contributed by atoms with Crippen LogP contribution < -0.4 is 0 Å². The van der Waals surface area contributed by atoms with Gasteiger partial charge in [0.05, 0.1) is 5.41 Å². The molecule has 0 bridgehead atoms. The quantitative estimate of drug-likeness (QED) is 0.737. The van der Waals surface area contributed by atoms with Crippen molar-refractivity contribution in [3.63, 3.8) is 0 Å². The summed E-state index contributed by atoms with van der Waals surface area (Å²) in [6.07, 6.45) is 3.81. The van der Waals surface area contributed by atoms with Crippen molar-refractivity contribution in [2.75, 3.05) is 0 Å². The third-order valence-corrected chi connectivity index (χ3v) is 4.65. The van der Waals surface area contributed by atoms with Gasteiger partial charge in [-0.25, -0.2) is 4.39 Å². The maximum atomic E-state index is 13.8. The van der Waals surface area contributed by atoms with Gasteiger partial charge < -0.3 is 0 Å². The average molecular weight is 282 g/mol. The molecule has 0 heterocycles. The van der Waals surface area contributed by atoms with E-state index in [0.29, 0.717) is 11.1 Å². The molecule has 0 aliphatic heterocycles. The lowest BCUT2D eigenvalue weighted by molar-refractivity contribution is 0.0885. The summed E-state index contributed by atoms with van der Waals surface area (Å²) in [6.45, 7) is 1.71. The van der Waals surface area contributed by atoms with Crippen LogP contribution in [0.5, 0.6) is 0 Å². The minimum absolute atomic E-state index is 0.0603. The van der Waals surface area contributed by atoms with Crippen LogP contribution in [0.25, 0.3) is 0 Å². The van der Waals surface area contributed by atoms with E-state index in [9.17, 15) is 9.18 Å². The second kappa shape index (κ2) is 5.44. The zero-order chi connectivity index (χ0) is 14.9. The highest BCUT2D eigenvalue weighted by Gasteiger charge is 2.42. The molecule has 1 fully saturated rings. The fraction of sp³-hybridized carbons (Fsp3) is 0.316. The molecule has 0 unspecified atom stereocenters. The van der Waals surface area contributed by atoms with Crippen molar-refractivity contribution in [2.45, 2.75) is 38.0 Å². The van der Waals surface area contributed by atoms with E-state index in [0.717, 1.165) is 31.2 Å². The number of hydrogen-bond acceptors (Lipinski definition) is 1. The first-order chi connectivity index (χ1) is 10.1. The van der Waals surface area contributed by atoms with Crippen molar-refractivity contribution < 1.29 is 9.18 Å². The zero-order valence-corrected chi connectivity index (χ0v) is 12.2. The Hall–Kier alpha value is -1.96. The molecule has 0 radical (unpaired) electrons. The maximum Gasteiger partial charge on any atom is 0.173 e. The minimum Gasteiger partial charge on any atom is -0.293 e. The largest absolute Gasteiger partial charge is 0.293 e. The molecule has 0 spiro atoms. The number of Topliss-reactive ketones (excluding diaryl/α,β-unsaturated/α-hetero) is 1. The van der Waals surface area contributed by atoms with Crippen molar-refractivity contribution in [1.82, 2.24) is 0 Å². The molecule has 3 rings (SSSR count). The van der Waals surface area contributed by atoms with Crippen molar-refractivity contribution in [1.29, 1.82) is 0 Å². The lowest BCUT2D eigenvalue weighted by Crippen LogP contribution is -2.33. The molecule has 1 aliphatic carbocycles. The van der Waals surface area contributed by atoms with Gasteiger partial charge >= 0.3 is 0 Å². The number of carbonyl (C=O) groups is 1. The smallest absolute Gasteiger partial charge is 0.173 e. The molecular weight excluding hydrogens is 263 g/mol. The Bertz CT molecular complexity index is 655. The molecule has 1 saturated carbocycles. The van der Waals surface area contributed by atoms with E-state index >= 15 is 0 Å². The topological polar surface area (TPSA) is 17.1 Å². The second-order valence-electron chi connectivity index (χ2n) is 5.95. The van der Waals surface area contributed by atoms with E-state index < -0.39 is 5.41 Å². The normalized spacial score (nSPS) is 16.9. The average Bonchev–Trinajstić information content (AvgIpc) is 3.01. The van der Waals surface area contributed by atoms with Gasteiger partial charge in [0.15, 0.2) is 5.78 Å². The van der Waals surface area contributed by atoms with Crippen molar-refractivity contribution >= 4 is 5.78 Å². The first kappa shape index (κ1) is 14.0. The molecule has 0 amide bonds. The van der Waals surface area contributed by atoms with Gasteiger partial charge in [-0.15, -0.1) is 0 Å². The third-order valence-electron chi connectivity index (χ3n) is 4.65. The van der Waals surface area contributed by atoms with E-state index in [1.165, 1.54) is 6.07 Å². The monoisotopic (exact) mass is 282 g/mol. The Morgan fingerprint density at radius 2 is 1.71 bits per heavy atom. The molecular formula is C19H19FO. The Kier molecular flexibility index (Phi) is 3.62. The van der Waals surface area contributed by atoms with Crippen LogP contribution in [-0.4, -0.2) is 5.78 Å². The van der Waals surface area contributed by atoms with Gasteiger partial charge in [0.2, 0.25) is 0 Å². The fourth-order valence-electron chi connectivity index (χ4n) is 3.39. The lowest BCUT2D eigenvalue weighted by atomic mass is 9.73. The summed E-state index contributed by atoms with van der Waals surface area (Å²) in [6, 6.07) is 14.8. The highest BCUT2D eigenvalue weighted by molar-refractivity contribution is 6.04. The molecule has 2 aromatic carbocycles. The van der Waals surface area contributed by atoms with E-state index in [-0.39, 0.29) is 11.6 Å². The molecule has 108 valence electrons. The van der Waals surface area contributed by atoms with Gasteiger partial charge in [0, 0.05) is 5.56 Å². The lowest BCUT2D eigenvalue weighted by Gasteiger charge is -2.28.